The molecule has 2 nitrogen and oxygen atoms in total. The normalized spacial score (nSPS) is 10.7. The first-order chi connectivity index (χ1) is 8.81. The Hall–Kier alpha value is -1.93. The van der Waals surface area contributed by atoms with Crippen LogP contribution in [0.3, 0.4) is 0 Å². The van der Waals surface area contributed by atoms with Gasteiger partial charge in [-0.25, -0.2) is 0 Å². The molecule has 0 amide bonds. The third-order valence-electron chi connectivity index (χ3n) is 2.54. The van der Waals surface area contributed by atoms with Gasteiger partial charge in [0.25, 0.3) is 0 Å². The highest BCUT2D eigenvalue weighted by Crippen LogP contribution is 2.22. The van der Waals surface area contributed by atoms with Crippen LogP contribution in [-0.2, 0) is 6.61 Å². The molecule has 2 rings (SSSR count). The number of halogens is 1. The Kier molecular flexibility index (Phi) is 4.26. The fourth-order valence-electron chi connectivity index (χ4n) is 1.62. The van der Waals surface area contributed by atoms with E-state index < -0.39 is 0 Å². The molecule has 0 atom stereocenters. The third-order valence-corrected chi connectivity index (χ3v) is 2.90. The van der Waals surface area contributed by atoms with E-state index in [0.717, 1.165) is 16.9 Å². The second-order valence-electron chi connectivity index (χ2n) is 3.78. The fourth-order valence-corrected chi connectivity index (χ4v) is 1.81. The van der Waals surface area contributed by atoms with Crippen molar-refractivity contribution in [3.05, 3.63) is 70.9 Å². The van der Waals surface area contributed by atoms with Gasteiger partial charge < -0.3 is 10.5 Å². The predicted octanol–water partition coefficient (Wildman–Crippen LogP) is 3.85. The number of rotatable bonds is 4. The van der Waals surface area contributed by atoms with Crippen molar-refractivity contribution in [1.29, 1.82) is 0 Å². The minimum Gasteiger partial charge on any atom is -0.488 e. The number of para-hydroxylation sites is 1. The van der Waals surface area contributed by atoms with Crippen molar-refractivity contribution in [2.75, 3.05) is 0 Å². The molecule has 0 bridgehead atoms. The predicted molar refractivity (Wildman–Crippen MR) is 75.4 cm³/mol. The van der Waals surface area contributed by atoms with Gasteiger partial charge in [0.05, 0.1) is 0 Å². The van der Waals surface area contributed by atoms with E-state index in [4.69, 9.17) is 22.1 Å². The van der Waals surface area contributed by atoms with E-state index in [9.17, 15) is 0 Å². The number of nitrogens with two attached hydrogens (primary N) is 1. The summed E-state index contributed by atoms with van der Waals surface area (Å²) in [6.45, 7) is 0.440. The fraction of sp³-hybridized carbons (Fsp3) is 0.0667. The molecule has 0 fully saturated rings. The molecule has 0 saturated heterocycles. The molecule has 0 aliphatic carbocycles. The second kappa shape index (κ2) is 6.12. The molecule has 2 aromatic rings. The van der Waals surface area contributed by atoms with Crippen LogP contribution in [-0.4, -0.2) is 0 Å². The molecule has 0 heterocycles. The summed E-state index contributed by atoms with van der Waals surface area (Å²) in [6, 6.07) is 15.4. The molecular weight excluding hydrogens is 246 g/mol. The van der Waals surface area contributed by atoms with E-state index in [0.29, 0.717) is 11.6 Å². The Labute approximate surface area is 112 Å². The van der Waals surface area contributed by atoms with Gasteiger partial charge in [-0.2, -0.15) is 0 Å². The summed E-state index contributed by atoms with van der Waals surface area (Å²) in [5.41, 5.74) is 7.32. The quantitative estimate of drug-likeness (QED) is 0.905. The van der Waals surface area contributed by atoms with E-state index >= 15 is 0 Å². The SMILES string of the molecule is N/C=C\c1ccccc1OCc1ccccc1Cl. The molecule has 0 aromatic heterocycles. The number of hydrogen-bond acceptors (Lipinski definition) is 2. The standard InChI is InChI=1S/C15H14ClNO/c16-14-7-3-1-6-13(14)11-18-15-8-4-2-5-12(15)9-10-17/h1-10H,11,17H2/b10-9-. The van der Waals surface area contributed by atoms with Gasteiger partial charge in [-0.05, 0) is 24.4 Å². The van der Waals surface area contributed by atoms with Gasteiger partial charge in [0.1, 0.15) is 12.4 Å². The highest BCUT2D eigenvalue weighted by Gasteiger charge is 2.02. The van der Waals surface area contributed by atoms with E-state index in [1.807, 2.05) is 54.6 Å². The molecular formula is C15H14ClNO. The molecule has 0 aliphatic heterocycles. The minimum atomic E-state index is 0.440. The molecule has 0 unspecified atom stereocenters. The summed E-state index contributed by atoms with van der Waals surface area (Å²) in [6.07, 6.45) is 3.31. The minimum absolute atomic E-state index is 0.440. The van der Waals surface area contributed by atoms with Crippen LogP contribution in [0.5, 0.6) is 5.75 Å². The van der Waals surface area contributed by atoms with Gasteiger partial charge in [-0.15, -0.1) is 0 Å². The van der Waals surface area contributed by atoms with E-state index in [-0.39, 0.29) is 0 Å². The highest BCUT2D eigenvalue weighted by molar-refractivity contribution is 6.31. The zero-order valence-corrected chi connectivity index (χ0v) is 10.6. The van der Waals surface area contributed by atoms with Crippen LogP contribution in [0.2, 0.25) is 5.02 Å². The van der Waals surface area contributed by atoms with Crippen LogP contribution in [0, 0.1) is 0 Å². The van der Waals surface area contributed by atoms with Gasteiger partial charge in [0.15, 0.2) is 0 Å². The Morgan fingerprint density at radius 2 is 1.78 bits per heavy atom. The average molecular weight is 260 g/mol. The van der Waals surface area contributed by atoms with Crippen LogP contribution in [0.25, 0.3) is 6.08 Å². The molecule has 0 radical (unpaired) electrons. The monoisotopic (exact) mass is 259 g/mol. The van der Waals surface area contributed by atoms with Crippen LogP contribution >= 0.6 is 11.6 Å². The molecule has 0 saturated carbocycles. The first-order valence-corrected chi connectivity index (χ1v) is 6.02. The van der Waals surface area contributed by atoms with Crippen molar-refractivity contribution in [3.8, 4) is 5.75 Å². The summed E-state index contributed by atoms with van der Waals surface area (Å²) >= 11 is 6.08. The Morgan fingerprint density at radius 1 is 1.06 bits per heavy atom. The topological polar surface area (TPSA) is 35.2 Å². The van der Waals surface area contributed by atoms with E-state index in [2.05, 4.69) is 0 Å². The Balaban J connectivity index is 2.13. The number of benzene rings is 2. The maximum atomic E-state index is 6.08. The summed E-state index contributed by atoms with van der Waals surface area (Å²) in [5.74, 6) is 0.791. The van der Waals surface area contributed by atoms with Gasteiger partial charge in [0, 0.05) is 16.1 Å². The molecule has 18 heavy (non-hydrogen) atoms. The lowest BCUT2D eigenvalue weighted by atomic mass is 10.2. The zero-order chi connectivity index (χ0) is 12.8. The molecule has 2 N–H and O–H groups in total. The van der Waals surface area contributed by atoms with Crippen LogP contribution in [0.4, 0.5) is 0 Å². The third kappa shape index (κ3) is 3.05. The van der Waals surface area contributed by atoms with E-state index in [1.54, 1.807) is 0 Å². The maximum Gasteiger partial charge on any atom is 0.127 e. The summed E-state index contributed by atoms with van der Waals surface area (Å²) < 4.78 is 5.77. The number of ether oxygens (including phenoxy) is 1. The van der Waals surface area contributed by atoms with Gasteiger partial charge in [-0.3, -0.25) is 0 Å². The molecule has 92 valence electrons. The van der Waals surface area contributed by atoms with E-state index in [1.165, 1.54) is 6.20 Å². The highest BCUT2D eigenvalue weighted by atomic mass is 35.5. The van der Waals surface area contributed by atoms with Crippen molar-refractivity contribution in [3.63, 3.8) is 0 Å². The molecule has 0 spiro atoms. The first kappa shape index (κ1) is 12.5. The van der Waals surface area contributed by atoms with Crippen LogP contribution in [0.15, 0.2) is 54.7 Å². The van der Waals surface area contributed by atoms with Gasteiger partial charge >= 0.3 is 0 Å². The molecule has 2 aromatic carbocycles. The smallest absolute Gasteiger partial charge is 0.127 e. The molecule has 0 aliphatic rings. The Bertz CT molecular complexity index is 552. The lowest BCUT2D eigenvalue weighted by Gasteiger charge is -2.10. The Morgan fingerprint density at radius 3 is 2.56 bits per heavy atom. The van der Waals surface area contributed by atoms with Crippen LogP contribution in [0.1, 0.15) is 11.1 Å². The second-order valence-corrected chi connectivity index (χ2v) is 4.18. The van der Waals surface area contributed by atoms with Gasteiger partial charge in [0.2, 0.25) is 0 Å². The van der Waals surface area contributed by atoms with Gasteiger partial charge in [-0.1, -0.05) is 48.0 Å². The number of hydrogen-bond donors (Lipinski definition) is 1. The van der Waals surface area contributed by atoms with Crippen molar-refractivity contribution in [1.82, 2.24) is 0 Å². The first-order valence-electron chi connectivity index (χ1n) is 5.65. The lowest BCUT2D eigenvalue weighted by Crippen LogP contribution is -1.97. The lowest BCUT2D eigenvalue weighted by molar-refractivity contribution is 0.305. The summed E-state index contributed by atoms with van der Waals surface area (Å²) in [4.78, 5) is 0. The largest absolute Gasteiger partial charge is 0.488 e. The zero-order valence-electron chi connectivity index (χ0n) is 9.84. The van der Waals surface area contributed by atoms with Crippen molar-refractivity contribution < 1.29 is 4.74 Å². The average Bonchev–Trinajstić information content (AvgIpc) is 2.40. The maximum absolute atomic E-state index is 6.08. The van der Waals surface area contributed by atoms with Crippen molar-refractivity contribution in [2.45, 2.75) is 6.61 Å². The summed E-state index contributed by atoms with van der Waals surface area (Å²) in [5, 5.41) is 0.712. The van der Waals surface area contributed by atoms with Crippen molar-refractivity contribution in [2.24, 2.45) is 5.73 Å². The molecule has 3 heteroatoms. The summed E-state index contributed by atoms with van der Waals surface area (Å²) in [7, 11) is 0. The van der Waals surface area contributed by atoms with Crippen LogP contribution < -0.4 is 10.5 Å². The van der Waals surface area contributed by atoms with Crippen molar-refractivity contribution >= 4 is 17.7 Å².